The molecule has 7 nitrogen and oxygen atoms in total. The first-order valence-electron chi connectivity index (χ1n) is 7.88. The largest absolute Gasteiger partial charge is 0.449 e. The summed E-state index contributed by atoms with van der Waals surface area (Å²) in [6.07, 6.45) is -1.11. The fourth-order valence-corrected chi connectivity index (χ4v) is 3.46. The van der Waals surface area contributed by atoms with Gasteiger partial charge in [-0.05, 0) is 37.6 Å². The highest BCUT2D eigenvalue weighted by Crippen LogP contribution is 2.18. The molecule has 0 radical (unpaired) electrons. The Bertz CT molecular complexity index is 897. The van der Waals surface area contributed by atoms with Crippen molar-refractivity contribution in [1.82, 2.24) is 4.72 Å². The fourth-order valence-electron chi connectivity index (χ4n) is 2.19. The number of primary amides is 1. The molecule has 0 heterocycles. The fraction of sp³-hybridized carbons (Fsp3) is 0.222. The Hall–Kier alpha value is -2.71. The van der Waals surface area contributed by atoms with Crippen molar-refractivity contribution in [3.8, 4) is 0 Å². The molecule has 2 rings (SSSR count). The third kappa shape index (κ3) is 4.90. The first-order chi connectivity index (χ1) is 12.2. The monoisotopic (exact) mass is 376 g/mol. The molecule has 0 aliphatic heterocycles. The molecule has 26 heavy (non-hydrogen) atoms. The lowest BCUT2D eigenvalue weighted by Crippen LogP contribution is -2.30. The summed E-state index contributed by atoms with van der Waals surface area (Å²) in [4.78, 5) is 22.9. The van der Waals surface area contributed by atoms with Crippen LogP contribution in [0.3, 0.4) is 0 Å². The van der Waals surface area contributed by atoms with Crippen molar-refractivity contribution in [2.45, 2.75) is 30.9 Å². The summed E-state index contributed by atoms with van der Waals surface area (Å²) < 4.78 is 32.6. The molecule has 2 aromatic rings. The standard InChI is InChI=1S/C18H20N2O5S/c1-12(14-7-4-3-5-8-14)20-26(23,24)16-10-6-9-15(11-16)18(22)25-13(2)17(19)21/h3-13,20H,1-2H3,(H2,19,21)/t12-,13-/m0/s1. The predicted molar refractivity (Wildman–Crippen MR) is 95.7 cm³/mol. The van der Waals surface area contributed by atoms with Gasteiger partial charge in [0.15, 0.2) is 6.10 Å². The number of hydrogen-bond acceptors (Lipinski definition) is 5. The van der Waals surface area contributed by atoms with Gasteiger partial charge in [0, 0.05) is 6.04 Å². The van der Waals surface area contributed by atoms with Crippen molar-refractivity contribution >= 4 is 21.9 Å². The van der Waals surface area contributed by atoms with E-state index in [-0.39, 0.29) is 10.5 Å². The van der Waals surface area contributed by atoms with Gasteiger partial charge < -0.3 is 10.5 Å². The van der Waals surface area contributed by atoms with Crippen LogP contribution in [-0.2, 0) is 19.6 Å². The van der Waals surface area contributed by atoms with Crippen molar-refractivity contribution in [3.05, 3.63) is 65.7 Å². The minimum Gasteiger partial charge on any atom is -0.449 e. The number of amides is 1. The molecule has 2 aromatic carbocycles. The van der Waals surface area contributed by atoms with Crippen LogP contribution in [0.1, 0.15) is 35.8 Å². The zero-order valence-electron chi connectivity index (χ0n) is 14.4. The lowest BCUT2D eigenvalue weighted by molar-refractivity contribution is -0.125. The molecule has 2 atom stereocenters. The van der Waals surface area contributed by atoms with Gasteiger partial charge in [-0.3, -0.25) is 4.79 Å². The Morgan fingerprint density at radius 1 is 1.04 bits per heavy atom. The quantitative estimate of drug-likeness (QED) is 0.714. The first kappa shape index (κ1) is 19.6. The van der Waals surface area contributed by atoms with Crippen molar-refractivity contribution in [3.63, 3.8) is 0 Å². The maximum Gasteiger partial charge on any atom is 0.338 e. The Balaban J connectivity index is 2.20. The van der Waals surface area contributed by atoms with E-state index in [1.165, 1.54) is 31.2 Å². The van der Waals surface area contributed by atoms with E-state index >= 15 is 0 Å². The lowest BCUT2D eigenvalue weighted by Gasteiger charge is -2.15. The Kier molecular flexibility index (Phi) is 6.12. The number of sulfonamides is 1. The molecule has 0 saturated heterocycles. The summed E-state index contributed by atoms with van der Waals surface area (Å²) in [5.41, 5.74) is 5.86. The maximum atomic E-state index is 12.6. The topological polar surface area (TPSA) is 116 Å². The second-order valence-electron chi connectivity index (χ2n) is 5.73. The summed E-state index contributed by atoms with van der Waals surface area (Å²) in [6, 6.07) is 14.0. The van der Waals surface area contributed by atoms with Gasteiger partial charge >= 0.3 is 5.97 Å². The third-order valence-corrected chi connectivity index (χ3v) is 5.23. The van der Waals surface area contributed by atoms with E-state index in [0.717, 1.165) is 5.56 Å². The van der Waals surface area contributed by atoms with Crippen molar-refractivity contribution < 1.29 is 22.7 Å². The van der Waals surface area contributed by atoms with Gasteiger partial charge in [0.05, 0.1) is 10.5 Å². The van der Waals surface area contributed by atoms with Gasteiger partial charge in [0.1, 0.15) is 0 Å². The Morgan fingerprint density at radius 3 is 2.31 bits per heavy atom. The summed E-state index contributed by atoms with van der Waals surface area (Å²) in [7, 11) is -3.86. The molecule has 0 spiro atoms. The van der Waals surface area contributed by atoms with Gasteiger partial charge in [-0.15, -0.1) is 0 Å². The predicted octanol–water partition coefficient (Wildman–Crippen LogP) is 1.76. The number of hydrogen-bond donors (Lipinski definition) is 2. The van der Waals surface area contributed by atoms with E-state index in [9.17, 15) is 18.0 Å². The number of carbonyl (C=O) groups is 2. The number of benzene rings is 2. The minimum atomic E-state index is -3.86. The molecule has 0 unspecified atom stereocenters. The summed E-state index contributed by atoms with van der Waals surface area (Å²) in [5.74, 6) is -1.62. The molecule has 1 amide bonds. The molecule has 0 aliphatic carbocycles. The number of rotatable bonds is 7. The van der Waals surface area contributed by atoms with Gasteiger partial charge in [-0.2, -0.15) is 0 Å². The van der Waals surface area contributed by atoms with Crippen LogP contribution in [0.5, 0.6) is 0 Å². The average molecular weight is 376 g/mol. The molecule has 0 saturated carbocycles. The number of esters is 1. The lowest BCUT2D eigenvalue weighted by atomic mass is 10.1. The van der Waals surface area contributed by atoms with Gasteiger partial charge in [0.25, 0.3) is 5.91 Å². The van der Waals surface area contributed by atoms with E-state index < -0.39 is 34.0 Å². The van der Waals surface area contributed by atoms with Crippen LogP contribution in [0.2, 0.25) is 0 Å². The second kappa shape index (κ2) is 8.11. The molecule has 8 heteroatoms. The summed E-state index contributed by atoms with van der Waals surface area (Å²) >= 11 is 0. The van der Waals surface area contributed by atoms with Crippen LogP contribution >= 0.6 is 0 Å². The first-order valence-corrected chi connectivity index (χ1v) is 9.36. The van der Waals surface area contributed by atoms with E-state index in [0.29, 0.717) is 0 Å². The molecule has 138 valence electrons. The van der Waals surface area contributed by atoms with Crippen LogP contribution in [0.15, 0.2) is 59.5 Å². The number of nitrogens with one attached hydrogen (secondary N) is 1. The maximum absolute atomic E-state index is 12.6. The minimum absolute atomic E-state index is 0.00772. The van der Waals surface area contributed by atoms with E-state index in [4.69, 9.17) is 10.5 Å². The van der Waals surface area contributed by atoms with Gasteiger partial charge in [-0.25, -0.2) is 17.9 Å². The van der Waals surface area contributed by atoms with Crippen LogP contribution < -0.4 is 10.5 Å². The normalized spacial score (nSPS) is 13.6. The van der Waals surface area contributed by atoms with Gasteiger partial charge in [-0.1, -0.05) is 36.4 Å². The number of ether oxygens (including phenoxy) is 1. The summed E-state index contributed by atoms with van der Waals surface area (Å²) in [6.45, 7) is 3.06. The highest BCUT2D eigenvalue weighted by molar-refractivity contribution is 7.89. The van der Waals surface area contributed by atoms with Crippen LogP contribution in [-0.4, -0.2) is 26.4 Å². The number of carbonyl (C=O) groups excluding carboxylic acids is 2. The average Bonchev–Trinajstić information content (AvgIpc) is 2.62. The van der Waals surface area contributed by atoms with Crippen LogP contribution in [0, 0.1) is 0 Å². The van der Waals surface area contributed by atoms with E-state index in [1.54, 1.807) is 6.92 Å². The zero-order valence-corrected chi connectivity index (χ0v) is 15.2. The smallest absolute Gasteiger partial charge is 0.338 e. The summed E-state index contributed by atoms with van der Waals surface area (Å²) in [5, 5.41) is 0. The highest BCUT2D eigenvalue weighted by atomic mass is 32.2. The highest BCUT2D eigenvalue weighted by Gasteiger charge is 2.21. The molecule has 0 aliphatic rings. The van der Waals surface area contributed by atoms with Gasteiger partial charge in [0.2, 0.25) is 10.0 Å². The molecular formula is C18H20N2O5S. The van der Waals surface area contributed by atoms with Crippen LogP contribution in [0.4, 0.5) is 0 Å². The molecule has 0 bridgehead atoms. The molecule has 0 aromatic heterocycles. The van der Waals surface area contributed by atoms with Crippen molar-refractivity contribution in [2.75, 3.05) is 0 Å². The Morgan fingerprint density at radius 2 is 1.69 bits per heavy atom. The SMILES string of the molecule is C[C@H](OC(=O)c1cccc(S(=O)(=O)N[C@@H](C)c2ccccc2)c1)C(N)=O. The van der Waals surface area contributed by atoms with Crippen LogP contribution in [0.25, 0.3) is 0 Å². The van der Waals surface area contributed by atoms with Crippen molar-refractivity contribution in [1.29, 1.82) is 0 Å². The molecule has 0 fully saturated rings. The third-order valence-electron chi connectivity index (χ3n) is 3.70. The van der Waals surface area contributed by atoms with E-state index in [2.05, 4.69) is 4.72 Å². The molecular weight excluding hydrogens is 356 g/mol. The Labute approximate surface area is 152 Å². The number of nitrogens with two attached hydrogens (primary N) is 1. The zero-order chi connectivity index (χ0) is 19.3. The van der Waals surface area contributed by atoms with Crippen molar-refractivity contribution in [2.24, 2.45) is 5.73 Å². The second-order valence-corrected chi connectivity index (χ2v) is 7.45. The molecule has 3 N–H and O–H groups in total. The van der Waals surface area contributed by atoms with E-state index in [1.807, 2.05) is 30.3 Å².